The number of hydrogen-bond acceptors (Lipinski definition) is 4. The molecule has 1 aliphatic rings. The number of amides is 1. The summed E-state index contributed by atoms with van der Waals surface area (Å²) in [6.07, 6.45) is 10.2. The fraction of sp³-hybridized carbons (Fsp3) is 0.458. The van der Waals surface area contributed by atoms with Crippen molar-refractivity contribution in [3.05, 3.63) is 58.7 Å². The van der Waals surface area contributed by atoms with Crippen molar-refractivity contribution in [1.29, 1.82) is 0 Å². The van der Waals surface area contributed by atoms with Crippen LogP contribution in [0.25, 0.3) is 0 Å². The molecule has 0 spiro atoms. The molecule has 2 aromatic rings. The Morgan fingerprint density at radius 3 is 2.69 bits per heavy atom. The highest BCUT2D eigenvalue weighted by atomic mass is 32.1. The van der Waals surface area contributed by atoms with E-state index in [-0.39, 0.29) is 5.91 Å². The summed E-state index contributed by atoms with van der Waals surface area (Å²) in [6.45, 7) is 6.79. The molecule has 1 aliphatic heterocycles. The van der Waals surface area contributed by atoms with Gasteiger partial charge in [0, 0.05) is 35.8 Å². The lowest BCUT2D eigenvalue weighted by molar-refractivity contribution is -0.116. The Morgan fingerprint density at radius 1 is 1.14 bits per heavy atom. The van der Waals surface area contributed by atoms with Gasteiger partial charge in [0.05, 0.1) is 0 Å². The molecule has 0 radical (unpaired) electrons. The Kier molecular flexibility index (Phi) is 7.37. The van der Waals surface area contributed by atoms with E-state index < -0.39 is 0 Å². The van der Waals surface area contributed by atoms with Crippen molar-refractivity contribution in [3.63, 3.8) is 0 Å². The molecule has 0 atom stereocenters. The third kappa shape index (κ3) is 7.58. The standard InChI is InChI=1S/C24H31N3OS/c1-24(2,3)15-19-14-20(25-16-19)12-13-21-17-26-23(29-21)27-22(28)11-7-10-18-8-5-4-6-9-18/h4-6,8-9,16-17H,7,10-15H2,1-3H3,(H,26,27,28). The second kappa shape index (κ2) is 9.97. The smallest absolute Gasteiger partial charge is 0.226 e. The van der Waals surface area contributed by atoms with Crippen molar-refractivity contribution < 1.29 is 4.79 Å². The summed E-state index contributed by atoms with van der Waals surface area (Å²) in [5, 5.41) is 3.64. The van der Waals surface area contributed by atoms with Crippen molar-refractivity contribution in [2.75, 3.05) is 5.32 Å². The summed E-state index contributed by atoms with van der Waals surface area (Å²) < 4.78 is 0. The van der Waals surface area contributed by atoms with E-state index >= 15 is 0 Å². The van der Waals surface area contributed by atoms with E-state index in [4.69, 9.17) is 0 Å². The number of nitrogens with zero attached hydrogens (tertiary/aromatic N) is 2. The van der Waals surface area contributed by atoms with Gasteiger partial charge in [-0.15, -0.1) is 11.3 Å². The Morgan fingerprint density at radius 2 is 1.93 bits per heavy atom. The van der Waals surface area contributed by atoms with Gasteiger partial charge in [-0.1, -0.05) is 51.1 Å². The monoisotopic (exact) mass is 409 g/mol. The van der Waals surface area contributed by atoms with Crippen molar-refractivity contribution in [2.24, 2.45) is 10.4 Å². The fourth-order valence-corrected chi connectivity index (χ4v) is 4.33. The number of hydrogen-bond donors (Lipinski definition) is 1. The van der Waals surface area contributed by atoms with Gasteiger partial charge in [0.2, 0.25) is 5.91 Å². The van der Waals surface area contributed by atoms with Gasteiger partial charge in [-0.2, -0.15) is 0 Å². The quantitative estimate of drug-likeness (QED) is 0.536. The molecule has 0 saturated heterocycles. The number of aromatic nitrogens is 1. The zero-order valence-electron chi connectivity index (χ0n) is 17.7. The highest BCUT2D eigenvalue weighted by Gasteiger charge is 2.18. The predicted octanol–water partition coefficient (Wildman–Crippen LogP) is 6.20. The van der Waals surface area contributed by atoms with Crippen LogP contribution in [-0.2, 0) is 17.6 Å². The molecule has 3 rings (SSSR count). The van der Waals surface area contributed by atoms with E-state index in [1.54, 1.807) is 11.3 Å². The van der Waals surface area contributed by atoms with E-state index in [0.717, 1.165) is 38.5 Å². The van der Waals surface area contributed by atoms with Crippen LogP contribution in [0.1, 0.15) is 63.3 Å². The first kappa shape index (κ1) is 21.4. The van der Waals surface area contributed by atoms with Gasteiger partial charge >= 0.3 is 0 Å². The van der Waals surface area contributed by atoms with Crippen LogP contribution in [0, 0.1) is 5.41 Å². The first-order valence-electron chi connectivity index (χ1n) is 10.4. The first-order chi connectivity index (χ1) is 13.9. The molecule has 0 unspecified atom stereocenters. The third-order valence-electron chi connectivity index (χ3n) is 4.79. The van der Waals surface area contributed by atoms with Gasteiger partial charge in [-0.05, 0) is 48.7 Å². The average molecular weight is 410 g/mol. The maximum absolute atomic E-state index is 12.2. The summed E-state index contributed by atoms with van der Waals surface area (Å²) in [5.74, 6) is 0.0398. The Balaban J connectivity index is 1.36. The van der Waals surface area contributed by atoms with Crippen LogP contribution in [0.5, 0.6) is 0 Å². The molecule has 1 aromatic carbocycles. The number of nitrogens with one attached hydrogen (secondary N) is 1. The van der Waals surface area contributed by atoms with E-state index in [1.165, 1.54) is 21.7 Å². The summed E-state index contributed by atoms with van der Waals surface area (Å²) in [7, 11) is 0. The number of thiazole rings is 1. The minimum absolute atomic E-state index is 0.0398. The minimum atomic E-state index is 0.0398. The van der Waals surface area contributed by atoms with Gasteiger partial charge in [0.15, 0.2) is 5.13 Å². The molecule has 1 N–H and O–H groups in total. The minimum Gasteiger partial charge on any atom is -0.302 e. The van der Waals surface area contributed by atoms with E-state index in [0.29, 0.717) is 17.0 Å². The van der Waals surface area contributed by atoms with Gasteiger partial charge in [0.25, 0.3) is 0 Å². The van der Waals surface area contributed by atoms with Gasteiger partial charge < -0.3 is 5.32 Å². The molecule has 5 heteroatoms. The Hall–Kier alpha value is -2.27. The zero-order valence-corrected chi connectivity index (χ0v) is 18.5. The number of aryl methyl sites for hydroxylation is 2. The van der Waals surface area contributed by atoms with Crippen LogP contribution in [0.4, 0.5) is 5.13 Å². The maximum Gasteiger partial charge on any atom is 0.226 e. The van der Waals surface area contributed by atoms with E-state index in [1.807, 2.05) is 30.6 Å². The zero-order chi connectivity index (χ0) is 20.7. The predicted molar refractivity (Wildman–Crippen MR) is 123 cm³/mol. The lowest BCUT2D eigenvalue weighted by atomic mass is 9.87. The van der Waals surface area contributed by atoms with Crippen LogP contribution in [0.2, 0.25) is 0 Å². The van der Waals surface area contributed by atoms with Crippen LogP contribution in [0.3, 0.4) is 0 Å². The molecule has 4 nitrogen and oxygen atoms in total. The summed E-state index contributed by atoms with van der Waals surface area (Å²) in [4.78, 5) is 22.3. The number of carbonyl (C=O) groups excluding carboxylic acids is 1. The summed E-state index contributed by atoms with van der Waals surface area (Å²) in [6, 6.07) is 10.3. The molecular weight excluding hydrogens is 378 g/mol. The van der Waals surface area contributed by atoms with Gasteiger partial charge in [0.1, 0.15) is 0 Å². The van der Waals surface area contributed by atoms with Crippen molar-refractivity contribution in [1.82, 2.24) is 4.98 Å². The van der Waals surface area contributed by atoms with Crippen molar-refractivity contribution in [2.45, 2.75) is 65.7 Å². The summed E-state index contributed by atoms with van der Waals surface area (Å²) >= 11 is 1.57. The highest BCUT2D eigenvalue weighted by molar-refractivity contribution is 7.15. The van der Waals surface area contributed by atoms with Crippen LogP contribution in [0.15, 0.2) is 53.3 Å². The molecule has 0 saturated carbocycles. The van der Waals surface area contributed by atoms with Gasteiger partial charge in [-0.25, -0.2) is 4.98 Å². The third-order valence-corrected chi connectivity index (χ3v) is 5.76. The number of anilines is 1. The van der Waals surface area contributed by atoms with E-state index in [9.17, 15) is 4.79 Å². The molecule has 1 amide bonds. The summed E-state index contributed by atoms with van der Waals surface area (Å²) in [5.41, 5.74) is 4.26. The highest BCUT2D eigenvalue weighted by Crippen LogP contribution is 2.29. The van der Waals surface area contributed by atoms with Crippen LogP contribution >= 0.6 is 11.3 Å². The lowest BCUT2D eigenvalue weighted by Crippen LogP contribution is -2.11. The molecular formula is C24H31N3OS. The average Bonchev–Trinajstić information content (AvgIpc) is 3.29. The molecule has 154 valence electrons. The number of aliphatic imine (C=N–C) groups is 1. The molecule has 1 aromatic heterocycles. The number of rotatable bonds is 9. The van der Waals surface area contributed by atoms with Crippen LogP contribution in [-0.4, -0.2) is 16.6 Å². The Labute approximate surface area is 178 Å². The molecule has 0 bridgehead atoms. The number of benzene rings is 1. The second-order valence-electron chi connectivity index (χ2n) is 8.92. The normalized spacial score (nSPS) is 13.9. The Bertz CT molecular complexity index is 875. The number of carbonyl (C=O) groups is 1. The fourth-order valence-electron chi connectivity index (χ4n) is 3.51. The number of allylic oxidation sites excluding steroid dienone is 1. The van der Waals surface area contributed by atoms with Gasteiger partial charge in [-0.3, -0.25) is 9.79 Å². The molecule has 2 heterocycles. The van der Waals surface area contributed by atoms with Crippen molar-refractivity contribution in [3.8, 4) is 0 Å². The maximum atomic E-state index is 12.2. The largest absolute Gasteiger partial charge is 0.302 e. The second-order valence-corrected chi connectivity index (χ2v) is 10.0. The molecule has 0 fully saturated rings. The van der Waals surface area contributed by atoms with Crippen LogP contribution < -0.4 is 5.32 Å². The molecule has 29 heavy (non-hydrogen) atoms. The van der Waals surface area contributed by atoms with E-state index in [2.05, 4.69) is 48.2 Å². The first-order valence-corrected chi connectivity index (χ1v) is 11.2. The molecule has 0 aliphatic carbocycles. The lowest BCUT2D eigenvalue weighted by Gasteiger charge is -2.18. The topological polar surface area (TPSA) is 54.4 Å². The van der Waals surface area contributed by atoms with Crippen molar-refractivity contribution >= 4 is 28.1 Å². The SMILES string of the molecule is CC(C)(C)CC1=CN=C(CCc2cnc(NC(=O)CCCc3ccccc3)s2)C1.